The summed E-state index contributed by atoms with van der Waals surface area (Å²) in [4.78, 5) is 20.2. The van der Waals surface area contributed by atoms with E-state index in [2.05, 4.69) is 25.8 Å². The molecular formula is C16H12F3N5O2. The summed E-state index contributed by atoms with van der Waals surface area (Å²) in [5.41, 5.74) is -0.371. The predicted octanol–water partition coefficient (Wildman–Crippen LogP) is 3.49. The third-order valence-electron chi connectivity index (χ3n) is 3.24. The van der Waals surface area contributed by atoms with Crippen molar-refractivity contribution in [2.24, 2.45) is 0 Å². The van der Waals surface area contributed by atoms with E-state index in [-0.39, 0.29) is 28.8 Å². The molecule has 1 aromatic carbocycles. The highest BCUT2D eigenvalue weighted by molar-refractivity contribution is 6.02. The van der Waals surface area contributed by atoms with Gasteiger partial charge in [-0.05, 0) is 26.0 Å². The van der Waals surface area contributed by atoms with Crippen LogP contribution in [0.5, 0.6) is 0 Å². The molecule has 0 unspecified atom stereocenters. The molecular weight excluding hydrogens is 351 g/mol. The molecule has 2 aromatic heterocycles. The van der Waals surface area contributed by atoms with Crippen LogP contribution in [0.15, 0.2) is 28.8 Å². The number of amides is 1. The van der Waals surface area contributed by atoms with Crippen molar-refractivity contribution < 1.29 is 22.5 Å². The van der Waals surface area contributed by atoms with Gasteiger partial charge in [0.15, 0.2) is 23.3 Å². The molecule has 0 atom stereocenters. The van der Waals surface area contributed by atoms with Crippen molar-refractivity contribution in [1.82, 2.24) is 15.1 Å². The Kier molecular flexibility index (Phi) is 4.57. The SMILES string of the molecule is Cc1nc(Nc2ccc(F)c(F)c2F)cc(C(=O)Nc2cc(C)on2)n1. The summed E-state index contributed by atoms with van der Waals surface area (Å²) in [6.45, 7) is 3.18. The second-order valence-corrected chi connectivity index (χ2v) is 5.31. The summed E-state index contributed by atoms with van der Waals surface area (Å²) >= 11 is 0. The van der Waals surface area contributed by atoms with Crippen LogP contribution in [0, 0.1) is 31.3 Å². The molecule has 10 heteroatoms. The van der Waals surface area contributed by atoms with Crippen molar-refractivity contribution in [2.45, 2.75) is 13.8 Å². The zero-order valence-corrected chi connectivity index (χ0v) is 13.6. The number of aromatic nitrogens is 3. The van der Waals surface area contributed by atoms with Crippen LogP contribution in [0.1, 0.15) is 22.1 Å². The number of benzene rings is 1. The Morgan fingerprint density at radius 1 is 1.04 bits per heavy atom. The lowest BCUT2D eigenvalue weighted by Gasteiger charge is -2.10. The van der Waals surface area contributed by atoms with Gasteiger partial charge < -0.3 is 15.2 Å². The number of hydrogen-bond acceptors (Lipinski definition) is 6. The highest BCUT2D eigenvalue weighted by atomic mass is 19.2. The molecule has 0 fully saturated rings. The van der Waals surface area contributed by atoms with Crippen LogP contribution < -0.4 is 10.6 Å². The van der Waals surface area contributed by atoms with Crippen LogP contribution in [0.2, 0.25) is 0 Å². The first kappa shape index (κ1) is 17.4. The van der Waals surface area contributed by atoms with Crippen molar-refractivity contribution in [3.63, 3.8) is 0 Å². The first-order valence-electron chi connectivity index (χ1n) is 7.34. The van der Waals surface area contributed by atoms with E-state index in [1.807, 2.05) is 0 Å². The van der Waals surface area contributed by atoms with Crippen LogP contribution in [0.3, 0.4) is 0 Å². The van der Waals surface area contributed by atoms with Gasteiger partial charge in [-0.2, -0.15) is 0 Å². The highest BCUT2D eigenvalue weighted by Crippen LogP contribution is 2.23. The number of anilines is 3. The van der Waals surface area contributed by atoms with Crippen LogP contribution in [-0.4, -0.2) is 21.0 Å². The fraction of sp³-hybridized carbons (Fsp3) is 0.125. The maximum Gasteiger partial charge on any atom is 0.275 e. The van der Waals surface area contributed by atoms with E-state index in [4.69, 9.17) is 4.52 Å². The molecule has 3 aromatic rings. The predicted molar refractivity (Wildman–Crippen MR) is 85.6 cm³/mol. The summed E-state index contributed by atoms with van der Waals surface area (Å²) in [6.07, 6.45) is 0. The first-order valence-corrected chi connectivity index (χ1v) is 7.34. The number of nitrogens with zero attached hydrogens (tertiary/aromatic N) is 3. The zero-order valence-electron chi connectivity index (χ0n) is 13.6. The van der Waals surface area contributed by atoms with Crippen LogP contribution in [-0.2, 0) is 0 Å². The molecule has 1 amide bonds. The first-order chi connectivity index (χ1) is 12.3. The zero-order chi connectivity index (χ0) is 18.8. The molecule has 134 valence electrons. The van der Waals surface area contributed by atoms with E-state index in [9.17, 15) is 18.0 Å². The number of carbonyl (C=O) groups excluding carboxylic acids is 1. The normalized spacial score (nSPS) is 10.7. The number of halogens is 3. The van der Waals surface area contributed by atoms with Gasteiger partial charge in [0.05, 0.1) is 5.69 Å². The van der Waals surface area contributed by atoms with Gasteiger partial charge in [-0.15, -0.1) is 0 Å². The van der Waals surface area contributed by atoms with E-state index in [1.54, 1.807) is 6.92 Å². The maximum atomic E-state index is 13.8. The fourth-order valence-electron chi connectivity index (χ4n) is 2.11. The number of aryl methyl sites for hydroxylation is 2. The van der Waals surface area contributed by atoms with Crippen molar-refractivity contribution >= 4 is 23.2 Å². The van der Waals surface area contributed by atoms with E-state index < -0.39 is 23.4 Å². The molecule has 0 saturated heterocycles. The van der Waals surface area contributed by atoms with Crippen LogP contribution in [0.4, 0.5) is 30.5 Å². The Balaban J connectivity index is 1.86. The average molecular weight is 363 g/mol. The second kappa shape index (κ2) is 6.82. The lowest BCUT2D eigenvalue weighted by molar-refractivity contribution is 0.102. The van der Waals surface area contributed by atoms with Crippen LogP contribution in [0.25, 0.3) is 0 Å². The molecule has 7 nitrogen and oxygen atoms in total. The maximum absolute atomic E-state index is 13.8. The number of nitrogens with one attached hydrogen (secondary N) is 2. The van der Waals surface area contributed by atoms with Gasteiger partial charge in [-0.25, -0.2) is 23.1 Å². The lowest BCUT2D eigenvalue weighted by atomic mass is 10.2. The Labute approximate surface area is 145 Å². The minimum Gasteiger partial charge on any atom is -0.360 e. The lowest BCUT2D eigenvalue weighted by Crippen LogP contribution is -2.15. The van der Waals surface area contributed by atoms with Gasteiger partial charge in [0, 0.05) is 12.1 Å². The molecule has 26 heavy (non-hydrogen) atoms. The Morgan fingerprint density at radius 3 is 2.50 bits per heavy atom. The van der Waals surface area contributed by atoms with Crippen molar-refractivity contribution in [3.8, 4) is 0 Å². The van der Waals surface area contributed by atoms with Crippen molar-refractivity contribution in [1.29, 1.82) is 0 Å². The number of carbonyl (C=O) groups is 1. The summed E-state index contributed by atoms with van der Waals surface area (Å²) in [6, 6.07) is 4.54. The largest absolute Gasteiger partial charge is 0.360 e. The monoisotopic (exact) mass is 363 g/mol. The van der Waals surface area contributed by atoms with Gasteiger partial charge in [0.25, 0.3) is 5.91 Å². The molecule has 0 saturated carbocycles. The third-order valence-corrected chi connectivity index (χ3v) is 3.24. The van der Waals surface area contributed by atoms with E-state index in [0.29, 0.717) is 5.76 Å². The van der Waals surface area contributed by atoms with E-state index in [0.717, 1.165) is 12.1 Å². The molecule has 0 aliphatic heterocycles. The van der Waals surface area contributed by atoms with E-state index in [1.165, 1.54) is 19.1 Å². The summed E-state index contributed by atoms with van der Waals surface area (Å²) in [7, 11) is 0. The second-order valence-electron chi connectivity index (χ2n) is 5.31. The fourth-order valence-corrected chi connectivity index (χ4v) is 2.11. The van der Waals surface area contributed by atoms with Gasteiger partial charge in [-0.1, -0.05) is 5.16 Å². The van der Waals surface area contributed by atoms with Gasteiger partial charge in [0.1, 0.15) is 23.1 Å². The van der Waals surface area contributed by atoms with Gasteiger partial charge >= 0.3 is 0 Å². The summed E-state index contributed by atoms with van der Waals surface area (Å²) in [5.74, 6) is -3.97. The molecule has 2 N–H and O–H groups in total. The van der Waals surface area contributed by atoms with Gasteiger partial charge in [-0.3, -0.25) is 4.79 Å². The Morgan fingerprint density at radius 2 is 1.81 bits per heavy atom. The molecule has 0 radical (unpaired) electrons. The number of hydrogen-bond donors (Lipinski definition) is 2. The topological polar surface area (TPSA) is 92.9 Å². The molecule has 0 spiro atoms. The molecule has 0 bridgehead atoms. The van der Waals surface area contributed by atoms with E-state index >= 15 is 0 Å². The molecule has 0 aliphatic carbocycles. The average Bonchev–Trinajstić information content (AvgIpc) is 3.00. The van der Waals surface area contributed by atoms with Crippen molar-refractivity contribution in [3.05, 3.63) is 59.0 Å². The minimum atomic E-state index is -1.61. The highest BCUT2D eigenvalue weighted by Gasteiger charge is 2.16. The minimum absolute atomic E-state index is 0.0314. The molecule has 2 heterocycles. The molecule has 0 aliphatic rings. The van der Waals surface area contributed by atoms with Crippen LogP contribution >= 0.6 is 0 Å². The Hall–Kier alpha value is -3.43. The third kappa shape index (κ3) is 3.63. The quantitative estimate of drug-likeness (QED) is 0.689. The molecule has 3 rings (SSSR count). The standard InChI is InChI=1S/C16H12F3N5O2/c1-7-5-13(24-26-7)23-16(25)11-6-12(21-8(2)20-11)22-10-4-3-9(17)14(18)15(10)19/h3-6H,1-2H3,(H,20,21,22)(H,23,24,25). The summed E-state index contributed by atoms with van der Waals surface area (Å²) in [5, 5.41) is 8.61. The van der Waals surface area contributed by atoms with Crippen molar-refractivity contribution in [2.75, 3.05) is 10.6 Å². The van der Waals surface area contributed by atoms with Gasteiger partial charge in [0.2, 0.25) is 0 Å². The summed E-state index contributed by atoms with van der Waals surface area (Å²) < 4.78 is 45.0. The number of rotatable bonds is 4. The Bertz CT molecular complexity index is 990. The smallest absolute Gasteiger partial charge is 0.275 e.